The van der Waals surface area contributed by atoms with E-state index in [1.807, 2.05) is 13.8 Å². The van der Waals surface area contributed by atoms with E-state index in [0.717, 1.165) is 21.9 Å². The number of hydrogen-bond donors (Lipinski definition) is 0. The van der Waals surface area contributed by atoms with E-state index < -0.39 is 40.1 Å². The van der Waals surface area contributed by atoms with Crippen molar-refractivity contribution >= 4 is 49.0 Å². The van der Waals surface area contributed by atoms with Crippen LogP contribution in [0.2, 0.25) is 0 Å². The van der Waals surface area contributed by atoms with Crippen LogP contribution in [0.1, 0.15) is 11.1 Å². The number of aromatic nitrogens is 1. The van der Waals surface area contributed by atoms with Gasteiger partial charge in [0.05, 0.1) is 15.3 Å². The molecule has 0 N–H and O–H groups in total. The summed E-state index contributed by atoms with van der Waals surface area (Å²) in [6, 6.07) is 17.3. The van der Waals surface area contributed by atoms with Crippen molar-refractivity contribution in [2.24, 2.45) is 0 Å². The molecule has 0 aliphatic rings. The molecule has 1 aromatic heterocycles. The van der Waals surface area contributed by atoms with E-state index in [9.17, 15) is 21.4 Å². The highest BCUT2D eigenvalue weighted by Gasteiger charge is 2.30. The third-order valence-electron chi connectivity index (χ3n) is 4.58. The van der Waals surface area contributed by atoms with Crippen LogP contribution in [0.3, 0.4) is 0 Å². The number of hydrogen-bond acceptors (Lipinski definition) is 10. The molecule has 8 nitrogen and oxygen atoms in total. The van der Waals surface area contributed by atoms with E-state index in [-0.39, 0.29) is 15.3 Å². The fraction of sp³-hybridized carbons (Fsp3) is 0.227. The molecular weight excluding hydrogens is 549 g/mol. The summed E-state index contributed by atoms with van der Waals surface area (Å²) in [4.78, 5) is 3.99. The second kappa shape index (κ2) is 12.1. The first-order valence-electron chi connectivity index (χ1n) is 10.2. The molecule has 0 atom stereocenters. The summed E-state index contributed by atoms with van der Waals surface area (Å²) in [6.45, 7) is 3.63. The van der Waals surface area contributed by atoms with E-state index in [4.69, 9.17) is 8.37 Å². The van der Waals surface area contributed by atoms with Crippen molar-refractivity contribution in [3.63, 3.8) is 0 Å². The van der Waals surface area contributed by atoms with Gasteiger partial charge in [-0.3, -0.25) is 8.37 Å². The molecule has 0 saturated carbocycles. The summed E-state index contributed by atoms with van der Waals surface area (Å²) in [5.41, 5.74) is 1.64. The number of aryl methyl sites for hydroxylation is 2. The van der Waals surface area contributed by atoms with E-state index in [1.54, 1.807) is 48.7 Å². The molecular formula is C22H24NO7PS4. The van der Waals surface area contributed by atoms with Crippen LogP contribution in [0.4, 0.5) is 0 Å². The fourth-order valence-electron chi connectivity index (χ4n) is 2.57. The zero-order chi connectivity index (χ0) is 25.5. The van der Waals surface area contributed by atoms with Gasteiger partial charge in [-0.2, -0.15) is 16.8 Å². The standard InChI is InChI=1S/C22H24NO7PS4/c1-18-6-10-20(11-7-18)34(25,26)29-15-31(24,17-32-33-22-5-3-4-14-23-22)16-30-35(27,28)21-12-8-19(2)9-13-21/h3-14H,15-17H2,1-2H3. The Hall–Kier alpha value is -1.66. The topological polar surface area (TPSA) is 117 Å². The molecule has 2 aromatic carbocycles. The summed E-state index contributed by atoms with van der Waals surface area (Å²) < 4.78 is 74.3. The first-order valence-corrected chi connectivity index (χ1v) is 17.6. The Kier molecular flexibility index (Phi) is 9.61. The average Bonchev–Trinajstić information content (AvgIpc) is 2.83. The normalized spacial score (nSPS) is 12.5. The van der Waals surface area contributed by atoms with Gasteiger partial charge in [-0.25, -0.2) is 4.98 Å². The average molecular weight is 574 g/mol. The summed E-state index contributed by atoms with van der Waals surface area (Å²) in [7, 11) is -9.62. The van der Waals surface area contributed by atoms with Gasteiger partial charge in [0.2, 0.25) is 0 Å². The first kappa shape index (κ1) is 27.9. The number of benzene rings is 2. The zero-order valence-corrected chi connectivity index (χ0v) is 23.1. The monoisotopic (exact) mass is 573 g/mol. The van der Waals surface area contributed by atoms with Crippen molar-refractivity contribution in [3.8, 4) is 0 Å². The maximum Gasteiger partial charge on any atom is 0.297 e. The quantitative estimate of drug-likeness (QED) is 0.156. The first-order chi connectivity index (χ1) is 16.5. The Balaban J connectivity index is 1.74. The highest BCUT2D eigenvalue weighted by molar-refractivity contribution is 8.77. The van der Waals surface area contributed by atoms with Crippen LogP contribution in [-0.4, -0.2) is 40.0 Å². The fourth-order valence-corrected chi connectivity index (χ4v) is 11.3. The molecule has 1 heterocycles. The highest BCUT2D eigenvalue weighted by atomic mass is 33.1. The van der Waals surface area contributed by atoms with Crippen molar-refractivity contribution < 1.29 is 29.8 Å². The van der Waals surface area contributed by atoms with Crippen LogP contribution < -0.4 is 0 Å². The maximum absolute atomic E-state index is 13.6. The van der Waals surface area contributed by atoms with Crippen LogP contribution in [0.5, 0.6) is 0 Å². The molecule has 13 heteroatoms. The Bertz CT molecular complexity index is 1300. The highest BCUT2D eigenvalue weighted by Crippen LogP contribution is 2.52. The molecule has 0 bridgehead atoms. The lowest BCUT2D eigenvalue weighted by atomic mass is 10.2. The second-order valence-electron chi connectivity index (χ2n) is 7.58. The molecule has 35 heavy (non-hydrogen) atoms. The maximum atomic E-state index is 13.6. The molecule has 3 rings (SSSR count). The van der Waals surface area contributed by atoms with Crippen LogP contribution in [0.15, 0.2) is 87.7 Å². The van der Waals surface area contributed by atoms with Crippen molar-refractivity contribution in [1.82, 2.24) is 4.98 Å². The molecule has 0 saturated heterocycles. The lowest BCUT2D eigenvalue weighted by molar-refractivity contribution is 0.343. The molecule has 0 fully saturated rings. The van der Waals surface area contributed by atoms with Gasteiger partial charge in [0, 0.05) is 6.20 Å². The molecule has 0 amide bonds. The molecule has 0 spiro atoms. The molecule has 0 aliphatic heterocycles. The van der Waals surface area contributed by atoms with Gasteiger partial charge in [0.25, 0.3) is 20.2 Å². The Morgan fingerprint density at radius 1 is 0.771 bits per heavy atom. The number of nitrogens with zero attached hydrogens (tertiary/aromatic N) is 1. The Morgan fingerprint density at radius 2 is 1.26 bits per heavy atom. The summed E-state index contributed by atoms with van der Waals surface area (Å²) in [6.07, 6.45) is 0.196. The lowest BCUT2D eigenvalue weighted by Crippen LogP contribution is -2.14. The third kappa shape index (κ3) is 8.45. The number of rotatable bonds is 12. The van der Waals surface area contributed by atoms with Gasteiger partial charge < -0.3 is 4.57 Å². The third-order valence-corrected chi connectivity index (χ3v) is 13.3. The molecule has 3 aromatic rings. The largest absolute Gasteiger partial charge is 0.318 e. The van der Waals surface area contributed by atoms with Gasteiger partial charge >= 0.3 is 0 Å². The van der Waals surface area contributed by atoms with Crippen LogP contribution in [0.25, 0.3) is 0 Å². The predicted octanol–water partition coefficient (Wildman–Crippen LogP) is 5.49. The van der Waals surface area contributed by atoms with Crippen molar-refractivity contribution in [2.45, 2.75) is 28.7 Å². The Labute approximate surface area is 213 Å². The smallest absolute Gasteiger partial charge is 0.297 e. The van der Waals surface area contributed by atoms with E-state index in [1.165, 1.54) is 35.1 Å². The minimum Gasteiger partial charge on any atom is -0.318 e. The second-order valence-corrected chi connectivity index (χ2v) is 16.5. The lowest BCUT2D eigenvalue weighted by Gasteiger charge is -2.18. The molecule has 0 unspecified atom stereocenters. The van der Waals surface area contributed by atoms with E-state index in [0.29, 0.717) is 5.03 Å². The van der Waals surface area contributed by atoms with E-state index >= 15 is 0 Å². The molecule has 188 valence electrons. The summed E-state index contributed by atoms with van der Waals surface area (Å²) >= 11 is 0. The van der Waals surface area contributed by atoms with Crippen LogP contribution in [-0.2, 0) is 33.2 Å². The van der Waals surface area contributed by atoms with Crippen molar-refractivity contribution in [1.29, 1.82) is 0 Å². The Morgan fingerprint density at radius 3 is 1.69 bits per heavy atom. The van der Waals surface area contributed by atoms with Gasteiger partial charge in [-0.15, -0.1) is 0 Å². The zero-order valence-electron chi connectivity index (χ0n) is 18.9. The summed E-state index contributed by atoms with van der Waals surface area (Å²) in [5, 5.41) is 0.658. The predicted molar refractivity (Wildman–Crippen MR) is 139 cm³/mol. The van der Waals surface area contributed by atoms with Gasteiger partial charge in [0.1, 0.15) is 24.9 Å². The molecule has 0 radical (unpaired) electrons. The number of pyridine rings is 1. The van der Waals surface area contributed by atoms with Gasteiger partial charge in [-0.05, 0) is 61.0 Å². The van der Waals surface area contributed by atoms with Gasteiger partial charge in [0.15, 0.2) is 0 Å². The minimum absolute atomic E-state index is 0.0849. The van der Waals surface area contributed by atoms with Crippen LogP contribution >= 0.6 is 28.7 Å². The SMILES string of the molecule is Cc1ccc(S(=O)(=O)OCP(=O)(COS(=O)(=O)c2ccc(C)cc2)CSSc2ccccn2)cc1. The van der Waals surface area contributed by atoms with Crippen molar-refractivity contribution in [3.05, 3.63) is 84.1 Å². The van der Waals surface area contributed by atoms with Gasteiger partial charge in [-0.1, -0.05) is 52.3 Å². The van der Waals surface area contributed by atoms with Crippen molar-refractivity contribution in [2.75, 3.05) is 18.2 Å². The van der Waals surface area contributed by atoms with E-state index in [2.05, 4.69) is 4.98 Å². The van der Waals surface area contributed by atoms with Crippen LogP contribution in [0, 0.1) is 13.8 Å². The molecule has 0 aliphatic carbocycles. The minimum atomic E-state index is -4.20. The summed E-state index contributed by atoms with van der Waals surface area (Å²) in [5.74, 6) is 0.